The van der Waals surface area contributed by atoms with Gasteiger partial charge in [0.1, 0.15) is 5.82 Å². The van der Waals surface area contributed by atoms with E-state index in [4.69, 9.17) is 9.47 Å². The second kappa shape index (κ2) is 7.80. The molecule has 0 aromatic heterocycles. The lowest BCUT2D eigenvalue weighted by Gasteiger charge is -2.40. The summed E-state index contributed by atoms with van der Waals surface area (Å²) in [4.78, 5) is 36.9. The van der Waals surface area contributed by atoms with Crippen LogP contribution in [0.1, 0.15) is 45.5 Å². The Kier molecular flexibility index (Phi) is 5.44. The molecule has 1 saturated carbocycles. The molecular weight excluding hydrogens is 365 g/mol. The van der Waals surface area contributed by atoms with E-state index in [1.165, 1.54) is 44.6 Å². The number of anilines is 1. The first-order valence-electron chi connectivity index (χ1n) is 8.79. The van der Waals surface area contributed by atoms with Crippen LogP contribution in [0.25, 0.3) is 0 Å². The highest BCUT2D eigenvalue weighted by atomic mass is 19.1. The van der Waals surface area contributed by atoms with Crippen molar-refractivity contribution in [2.75, 3.05) is 19.5 Å². The molecular formula is C21H20FNO5. The number of halogens is 1. The third-order valence-electron chi connectivity index (χ3n) is 5.05. The zero-order valence-electron chi connectivity index (χ0n) is 15.6. The first kappa shape index (κ1) is 19.5. The topological polar surface area (TPSA) is 81.7 Å². The van der Waals surface area contributed by atoms with E-state index in [-0.39, 0.29) is 22.7 Å². The third kappa shape index (κ3) is 3.60. The van der Waals surface area contributed by atoms with Gasteiger partial charge in [-0.2, -0.15) is 0 Å². The van der Waals surface area contributed by atoms with E-state index < -0.39 is 23.2 Å². The summed E-state index contributed by atoms with van der Waals surface area (Å²) < 4.78 is 23.1. The average molecular weight is 385 g/mol. The van der Waals surface area contributed by atoms with Gasteiger partial charge in [0.2, 0.25) is 5.91 Å². The number of methoxy groups -OCH3 is 2. The molecule has 1 fully saturated rings. The maximum absolute atomic E-state index is 13.7. The van der Waals surface area contributed by atoms with Gasteiger partial charge in [0.15, 0.2) is 0 Å². The summed E-state index contributed by atoms with van der Waals surface area (Å²) in [6, 6.07) is 10.2. The molecule has 0 spiro atoms. The number of amides is 1. The van der Waals surface area contributed by atoms with E-state index in [1.807, 2.05) is 0 Å². The highest BCUT2D eigenvalue weighted by Crippen LogP contribution is 2.44. The number of carbonyl (C=O) groups is 3. The lowest BCUT2D eigenvalue weighted by molar-refractivity contribution is -0.124. The second-order valence-corrected chi connectivity index (χ2v) is 6.68. The van der Waals surface area contributed by atoms with Crippen molar-refractivity contribution in [1.82, 2.24) is 0 Å². The maximum atomic E-state index is 13.7. The largest absolute Gasteiger partial charge is 0.465 e. The Morgan fingerprint density at radius 1 is 0.964 bits per heavy atom. The Bertz CT molecular complexity index is 902. The Hall–Kier alpha value is -3.22. The van der Waals surface area contributed by atoms with Gasteiger partial charge in [-0.25, -0.2) is 14.0 Å². The number of ether oxygens (including phenoxy) is 2. The molecule has 1 aliphatic rings. The summed E-state index contributed by atoms with van der Waals surface area (Å²) >= 11 is 0. The minimum Gasteiger partial charge on any atom is -0.465 e. The zero-order valence-corrected chi connectivity index (χ0v) is 15.6. The van der Waals surface area contributed by atoms with Crippen LogP contribution in [0.2, 0.25) is 0 Å². The highest BCUT2D eigenvalue weighted by molar-refractivity contribution is 6.03. The van der Waals surface area contributed by atoms with Crippen LogP contribution in [0, 0.1) is 5.82 Å². The first-order chi connectivity index (χ1) is 13.4. The monoisotopic (exact) mass is 385 g/mol. The van der Waals surface area contributed by atoms with E-state index in [1.54, 1.807) is 12.1 Å². The van der Waals surface area contributed by atoms with Gasteiger partial charge in [-0.15, -0.1) is 0 Å². The van der Waals surface area contributed by atoms with E-state index in [0.717, 1.165) is 6.42 Å². The van der Waals surface area contributed by atoms with Gasteiger partial charge in [-0.3, -0.25) is 4.79 Å². The molecule has 1 N–H and O–H groups in total. The molecule has 1 aliphatic carbocycles. The fourth-order valence-corrected chi connectivity index (χ4v) is 3.39. The van der Waals surface area contributed by atoms with Gasteiger partial charge < -0.3 is 14.8 Å². The van der Waals surface area contributed by atoms with Gasteiger partial charge in [0, 0.05) is 5.69 Å². The molecule has 0 aliphatic heterocycles. The van der Waals surface area contributed by atoms with Crippen LogP contribution in [0.5, 0.6) is 0 Å². The first-order valence-corrected chi connectivity index (χ1v) is 8.79. The fourth-order valence-electron chi connectivity index (χ4n) is 3.39. The number of hydrogen-bond acceptors (Lipinski definition) is 5. The third-order valence-corrected chi connectivity index (χ3v) is 5.05. The van der Waals surface area contributed by atoms with Crippen molar-refractivity contribution in [3.05, 3.63) is 65.0 Å². The van der Waals surface area contributed by atoms with E-state index in [2.05, 4.69) is 5.32 Å². The van der Waals surface area contributed by atoms with E-state index >= 15 is 0 Å². The van der Waals surface area contributed by atoms with Crippen LogP contribution in [0.15, 0.2) is 42.5 Å². The predicted molar refractivity (Wildman–Crippen MR) is 99.7 cm³/mol. The van der Waals surface area contributed by atoms with Crippen LogP contribution in [-0.4, -0.2) is 32.1 Å². The number of hydrogen-bond donors (Lipinski definition) is 1. The van der Waals surface area contributed by atoms with Gasteiger partial charge >= 0.3 is 11.9 Å². The summed E-state index contributed by atoms with van der Waals surface area (Å²) in [6.07, 6.45) is 2.02. The van der Waals surface area contributed by atoms with E-state index in [9.17, 15) is 18.8 Å². The highest BCUT2D eigenvalue weighted by Gasteiger charge is 2.45. The summed E-state index contributed by atoms with van der Waals surface area (Å²) in [5.41, 5.74) is 0.238. The Morgan fingerprint density at radius 3 is 2.04 bits per heavy atom. The van der Waals surface area contributed by atoms with Crippen molar-refractivity contribution in [1.29, 1.82) is 0 Å². The molecule has 1 amide bonds. The van der Waals surface area contributed by atoms with E-state index in [0.29, 0.717) is 18.4 Å². The number of benzene rings is 2. The number of rotatable bonds is 5. The number of nitrogens with one attached hydrogen (secondary N) is 1. The van der Waals surface area contributed by atoms with Crippen molar-refractivity contribution >= 4 is 23.5 Å². The van der Waals surface area contributed by atoms with Crippen LogP contribution in [-0.2, 0) is 19.7 Å². The Labute approximate surface area is 161 Å². The van der Waals surface area contributed by atoms with Crippen molar-refractivity contribution in [3.8, 4) is 0 Å². The minimum absolute atomic E-state index is 0.106. The van der Waals surface area contributed by atoms with Crippen LogP contribution >= 0.6 is 0 Å². The summed E-state index contributed by atoms with van der Waals surface area (Å²) in [6.45, 7) is 0. The SMILES string of the molecule is COC(=O)c1cc(NC(=O)C2(c3cccc(F)c3)CCC2)cc(C(=O)OC)c1. The smallest absolute Gasteiger partial charge is 0.337 e. The van der Waals surface area contributed by atoms with Gasteiger partial charge in [0.05, 0.1) is 30.8 Å². The second-order valence-electron chi connectivity index (χ2n) is 6.68. The summed E-state index contributed by atoms with van der Waals surface area (Å²) in [5.74, 6) is -2.02. The Morgan fingerprint density at radius 2 is 1.57 bits per heavy atom. The molecule has 0 saturated heterocycles. The normalized spacial score (nSPS) is 14.5. The zero-order chi connectivity index (χ0) is 20.3. The van der Waals surface area contributed by atoms with Crippen LogP contribution < -0.4 is 5.32 Å². The predicted octanol–water partition coefficient (Wildman–Crippen LogP) is 3.46. The molecule has 146 valence electrons. The summed E-state index contributed by atoms with van der Waals surface area (Å²) in [7, 11) is 2.44. The van der Waals surface area contributed by atoms with Crippen LogP contribution in [0.4, 0.5) is 10.1 Å². The molecule has 0 heterocycles. The molecule has 6 nitrogen and oxygen atoms in total. The molecule has 0 radical (unpaired) electrons. The van der Waals surface area contributed by atoms with Gasteiger partial charge in [-0.05, 0) is 48.7 Å². The maximum Gasteiger partial charge on any atom is 0.337 e. The standard InChI is InChI=1S/C21H20FNO5/c1-27-18(24)13-9-14(19(25)28-2)11-17(10-13)23-20(26)21(7-4-8-21)15-5-3-6-16(22)12-15/h3,5-6,9-12H,4,7-8H2,1-2H3,(H,23,26). The molecule has 2 aromatic rings. The molecule has 7 heteroatoms. The van der Waals surface area contributed by atoms with Crippen LogP contribution in [0.3, 0.4) is 0 Å². The van der Waals surface area contributed by atoms with Crippen molar-refractivity contribution in [3.63, 3.8) is 0 Å². The lowest BCUT2D eigenvalue weighted by atomic mass is 9.63. The Balaban J connectivity index is 1.94. The molecule has 0 atom stereocenters. The minimum atomic E-state index is -0.838. The van der Waals surface area contributed by atoms with Gasteiger partial charge in [-0.1, -0.05) is 18.6 Å². The molecule has 28 heavy (non-hydrogen) atoms. The van der Waals surface area contributed by atoms with Crippen molar-refractivity contribution < 1.29 is 28.2 Å². The van der Waals surface area contributed by atoms with Crippen molar-refractivity contribution in [2.45, 2.75) is 24.7 Å². The number of carbonyl (C=O) groups excluding carboxylic acids is 3. The molecule has 2 aromatic carbocycles. The quantitative estimate of drug-likeness (QED) is 0.797. The fraction of sp³-hybridized carbons (Fsp3) is 0.286. The number of esters is 2. The van der Waals surface area contributed by atoms with Gasteiger partial charge in [0.25, 0.3) is 0 Å². The molecule has 0 bridgehead atoms. The average Bonchev–Trinajstić information content (AvgIpc) is 2.65. The molecule has 0 unspecified atom stereocenters. The lowest BCUT2D eigenvalue weighted by Crippen LogP contribution is -2.46. The molecule has 3 rings (SSSR count). The summed E-state index contributed by atoms with van der Waals surface area (Å²) in [5, 5.41) is 2.76. The van der Waals surface area contributed by atoms with Crippen molar-refractivity contribution in [2.24, 2.45) is 0 Å².